The minimum Gasteiger partial charge on any atom is -0.357 e. The lowest BCUT2D eigenvalue weighted by atomic mass is 10.0. The largest absolute Gasteiger partial charge is 0.357 e. The third kappa shape index (κ3) is 2.35. The summed E-state index contributed by atoms with van der Waals surface area (Å²) in [4.78, 5) is 4.17. The van der Waals surface area contributed by atoms with Gasteiger partial charge in [-0.3, -0.25) is 4.98 Å². The molecule has 0 aliphatic rings. The second kappa shape index (κ2) is 5.08. The summed E-state index contributed by atoms with van der Waals surface area (Å²) in [7, 11) is 0. The maximum absolute atomic E-state index is 10.7. The molecule has 17 heavy (non-hydrogen) atoms. The highest BCUT2D eigenvalue weighted by Gasteiger charge is 2.33. The molecule has 0 spiro atoms. The number of pyridine rings is 1. The highest BCUT2D eigenvalue weighted by Crippen LogP contribution is 2.29. The van der Waals surface area contributed by atoms with Crippen molar-refractivity contribution in [3.05, 3.63) is 66.0 Å². The SMILES string of the molecule is CCOC(O)(c1ccccc1)c1ccccn1. The molecule has 0 aliphatic carbocycles. The van der Waals surface area contributed by atoms with E-state index in [0.29, 0.717) is 17.9 Å². The van der Waals surface area contributed by atoms with E-state index in [4.69, 9.17) is 4.74 Å². The summed E-state index contributed by atoms with van der Waals surface area (Å²) in [6.07, 6.45) is 1.64. The van der Waals surface area contributed by atoms with Gasteiger partial charge in [-0.15, -0.1) is 0 Å². The second-order valence-corrected chi connectivity index (χ2v) is 3.66. The van der Waals surface area contributed by atoms with E-state index in [9.17, 15) is 5.11 Å². The van der Waals surface area contributed by atoms with E-state index in [1.807, 2.05) is 43.3 Å². The van der Waals surface area contributed by atoms with E-state index in [2.05, 4.69) is 4.98 Å². The summed E-state index contributed by atoms with van der Waals surface area (Å²) in [6, 6.07) is 14.7. The minimum atomic E-state index is -1.47. The molecule has 0 saturated heterocycles. The Morgan fingerprint density at radius 3 is 2.41 bits per heavy atom. The topological polar surface area (TPSA) is 42.4 Å². The summed E-state index contributed by atoms with van der Waals surface area (Å²) < 4.78 is 5.49. The predicted molar refractivity (Wildman–Crippen MR) is 65.3 cm³/mol. The Bertz CT molecular complexity index is 417. The number of aliphatic hydroxyl groups is 1. The van der Waals surface area contributed by atoms with Crippen molar-refractivity contribution in [2.75, 3.05) is 6.61 Å². The lowest BCUT2D eigenvalue weighted by Gasteiger charge is -2.27. The van der Waals surface area contributed by atoms with Gasteiger partial charge < -0.3 is 9.84 Å². The van der Waals surface area contributed by atoms with E-state index in [-0.39, 0.29) is 0 Å². The Hall–Kier alpha value is -1.71. The number of aromatic nitrogens is 1. The highest BCUT2D eigenvalue weighted by atomic mass is 16.6. The fourth-order valence-corrected chi connectivity index (χ4v) is 1.74. The first-order chi connectivity index (χ1) is 8.27. The van der Waals surface area contributed by atoms with Gasteiger partial charge in [0.15, 0.2) is 0 Å². The molecular weight excluding hydrogens is 214 g/mol. The van der Waals surface area contributed by atoms with Crippen LogP contribution in [0.25, 0.3) is 0 Å². The molecule has 1 heterocycles. The summed E-state index contributed by atoms with van der Waals surface area (Å²) in [5, 5.41) is 10.7. The molecule has 2 aromatic rings. The normalized spacial score (nSPS) is 14.2. The lowest BCUT2D eigenvalue weighted by molar-refractivity contribution is -0.179. The van der Waals surface area contributed by atoms with Crippen molar-refractivity contribution in [3.8, 4) is 0 Å². The molecule has 3 nitrogen and oxygen atoms in total. The molecule has 2 rings (SSSR count). The zero-order chi connectivity index (χ0) is 12.1. The Balaban J connectivity index is 2.47. The molecule has 0 aliphatic heterocycles. The third-order valence-electron chi connectivity index (χ3n) is 2.53. The molecule has 88 valence electrons. The molecule has 0 amide bonds. The third-order valence-corrected chi connectivity index (χ3v) is 2.53. The van der Waals surface area contributed by atoms with Gasteiger partial charge in [0.1, 0.15) is 5.69 Å². The van der Waals surface area contributed by atoms with Crippen LogP contribution in [0.2, 0.25) is 0 Å². The van der Waals surface area contributed by atoms with Gasteiger partial charge in [0.2, 0.25) is 5.79 Å². The summed E-state index contributed by atoms with van der Waals surface area (Å²) >= 11 is 0. The van der Waals surface area contributed by atoms with Gasteiger partial charge in [0.05, 0.1) is 0 Å². The van der Waals surface area contributed by atoms with Crippen molar-refractivity contribution in [1.29, 1.82) is 0 Å². The van der Waals surface area contributed by atoms with Gasteiger partial charge in [-0.2, -0.15) is 0 Å². The Morgan fingerprint density at radius 1 is 1.12 bits per heavy atom. The first kappa shape index (κ1) is 11.8. The maximum Gasteiger partial charge on any atom is 0.237 e. The summed E-state index contributed by atoms with van der Waals surface area (Å²) in [6.45, 7) is 2.25. The van der Waals surface area contributed by atoms with Crippen LogP contribution in [-0.4, -0.2) is 16.7 Å². The molecule has 0 fully saturated rings. The maximum atomic E-state index is 10.7. The number of hydrogen-bond acceptors (Lipinski definition) is 3. The van der Waals surface area contributed by atoms with Crippen LogP contribution in [0.15, 0.2) is 54.7 Å². The van der Waals surface area contributed by atoms with Crippen molar-refractivity contribution in [1.82, 2.24) is 4.98 Å². The molecule has 3 heteroatoms. The molecule has 0 saturated carbocycles. The molecule has 0 bridgehead atoms. The number of nitrogens with zero attached hydrogens (tertiary/aromatic N) is 1. The lowest BCUT2D eigenvalue weighted by Crippen LogP contribution is -2.31. The summed E-state index contributed by atoms with van der Waals surface area (Å²) in [5.74, 6) is -1.47. The van der Waals surface area contributed by atoms with Gasteiger partial charge in [-0.05, 0) is 19.1 Å². The van der Waals surface area contributed by atoms with Crippen molar-refractivity contribution in [2.45, 2.75) is 12.7 Å². The molecule has 1 unspecified atom stereocenters. The van der Waals surface area contributed by atoms with Gasteiger partial charge in [-0.25, -0.2) is 0 Å². The molecule has 1 N–H and O–H groups in total. The molecule has 1 aromatic heterocycles. The number of hydrogen-bond donors (Lipinski definition) is 1. The van der Waals surface area contributed by atoms with Gasteiger partial charge >= 0.3 is 0 Å². The van der Waals surface area contributed by atoms with Crippen molar-refractivity contribution in [3.63, 3.8) is 0 Å². The molecule has 0 radical (unpaired) electrons. The smallest absolute Gasteiger partial charge is 0.237 e. The first-order valence-corrected chi connectivity index (χ1v) is 5.60. The predicted octanol–water partition coefficient (Wildman–Crippen LogP) is 2.31. The Morgan fingerprint density at radius 2 is 1.82 bits per heavy atom. The van der Waals surface area contributed by atoms with E-state index in [0.717, 1.165) is 0 Å². The zero-order valence-electron chi connectivity index (χ0n) is 9.71. The monoisotopic (exact) mass is 229 g/mol. The van der Waals surface area contributed by atoms with Crippen LogP contribution in [0.5, 0.6) is 0 Å². The highest BCUT2D eigenvalue weighted by molar-refractivity contribution is 5.29. The zero-order valence-corrected chi connectivity index (χ0v) is 9.71. The fourth-order valence-electron chi connectivity index (χ4n) is 1.74. The van der Waals surface area contributed by atoms with E-state index in [1.165, 1.54) is 0 Å². The van der Waals surface area contributed by atoms with Crippen LogP contribution < -0.4 is 0 Å². The summed E-state index contributed by atoms with van der Waals surface area (Å²) in [5.41, 5.74) is 1.17. The standard InChI is InChI=1S/C14H15NO2/c1-2-17-14(16,12-8-4-3-5-9-12)13-10-6-7-11-15-13/h3-11,16H,2H2,1H3. The van der Waals surface area contributed by atoms with Gasteiger partial charge in [0.25, 0.3) is 0 Å². The second-order valence-electron chi connectivity index (χ2n) is 3.66. The molecule has 1 aromatic carbocycles. The van der Waals surface area contributed by atoms with Crippen LogP contribution in [0.3, 0.4) is 0 Å². The Kier molecular flexibility index (Phi) is 3.52. The molecular formula is C14H15NO2. The first-order valence-electron chi connectivity index (χ1n) is 5.60. The van der Waals surface area contributed by atoms with E-state index in [1.54, 1.807) is 18.3 Å². The van der Waals surface area contributed by atoms with Crippen molar-refractivity contribution >= 4 is 0 Å². The number of benzene rings is 1. The van der Waals surface area contributed by atoms with E-state index >= 15 is 0 Å². The van der Waals surface area contributed by atoms with Crippen LogP contribution in [0.4, 0.5) is 0 Å². The van der Waals surface area contributed by atoms with Gasteiger partial charge in [-0.1, -0.05) is 36.4 Å². The number of ether oxygens (including phenoxy) is 1. The van der Waals surface area contributed by atoms with Gasteiger partial charge in [0, 0.05) is 18.4 Å². The van der Waals surface area contributed by atoms with Crippen molar-refractivity contribution in [2.24, 2.45) is 0 Å². The van der Waals surface area contributed by atoms with Crippen LogP contribution in [-0.2, 0) is 10.5 Å². The minimum absolute atomic E-state index is 0.405. The quantitative estimate of drug-likeness (QED) is 0.818. The average Bonchev–Trinajstić information content (AvgIpc) is 2.41. The average molecular weight is 229 g/mol. The van der Waals surface area contributed by atoms with Crippen LogP contribution >= 0.6 is 0 Å². The number of rotatable bonds is 4. The van der Waals surface area contributed by atoms with E-state index < -0.39 is 5.79 Å². The fraction of sp³-hybridized carbons (Fsp3) is 0.214. The van der Waals surface area contributed by atoms with Crippen LogP contribution in [0.1, 0.15) is 18.2 Å². The molecule has 1 atom stereocenters. The van der Waals surface area contributed by atoms with Crippen molar-refractivity contribution < 1.29 is 9.84 Å². The van der Waals surface area contributed by atoms with Crippen LogP contribution in [0, 0.1) is 0 Å². The Labute approximate surface area is 101 Å².